The molecule has 0 N–H and O–H groups in total. The van der Waals surface area contributed by atoms with Crippen LogP contribution in [0.5, 0.6) is 0 Å². The Hall–Kier alpha value is -2.93. The number of hydrogen-bond acceptors (Lipinski definition) is 6. The first-order chi connectivity index (χ1) is 20.2. The summed E-state index contributed by atoms with van der Waals surface area (Å²) in [6.07, 6.45) is 5.00. The van der Waals surface area contributed by atoms with E-state index in [1.54, 1.807) is 12.1 Å². The third-order valence-corrected chi connectivity index (χ3v) is 8.04. The molecule has 42 heavy (non-hydrogen) atoms. The summed E-state index contributed by atoms with van der Waals surface area (Å²) >= 11 is 12.5. The van der Waals surface area contributed by atoms with Gasteiger partial charge in [0.2, 0.25) is 0 Å². The average Bonchev–Trinajstić information content (AvgIpc) is 3.52. The minimum atomic E-state index is -0.113. The van der Waals surface area contributed by atoms with Crippen molar-refractivity contribution in [3.8, 4) is 11.5 Å². The summed E-state index contributed by atoms with van der Waals surface area (Å²) in [7, 11) is 0. The van der Waals surface area contributed by atoms with Gasteiger partial charge in [-0.25, -0.2) is 0 Å². The lowest BCUT2D eigenvalue weighted by Gasteiger charge is -2.16. The molecule has 0 spiro atoms. The van der Waals surface area contributed by atoms with Crippen LogP contribution in [-0.4, -0.2) is 22.7 Å². The molecule has 0 saturated heterocycles. The van der Waals surface area contributed by atoms with Gasteiger partial charge in [0.05, 0.1) is 12.3 Å². The van der Waals surface area contributed by atoms with E-state index in [1.807, 2.05) is 30.3 Å². The van der Waals surface area contributed by atoms with Crippen LogP contribution in [-0.2, 0) is 29.0 Å². The maximum atomic E-state index is 13.4. The summed E-state index contributed by atoms with van der Waals surface area (Å²) < 4.78 is 17.6. The van der Waals surface area contributed by atoms with Crippen LogP contribution in [0.15, 0.2) is 63.6 Å². The van der Waals surface area contributed by atoms with Gasteiger partial charge in [-0.2, -0.15) is 0 Å². The third-order valence-electron chi connectivity index (χ3n) is 7.45. The van der Waals surface area contributed by atoms with E-state index in [4.69, 9.17) is 37.0 Å². The number of hydrogen-bond donors (Lipinski definition) is 0. The topological polar surface area (TPSA) is 78.4 Å². The zero-order valence-corrected chi connectivity index (χ0v) is 26.0. The highest BCUT2D eigenvalue weighted by Gasteiger charge is 2.37. The number of aromatic nitrogens is 2. The van der Waals surface area contributed by atoms with Crippen LogP contribution in [0, 0.1) is 5.41 Å². The number of ether oxygens (including phenoxy) is 1. The molecule has 4 aromatic rings. The van der Waals surface area contributed by atoms with Crippen LogP contribution in [0.3, 0.4) is 0 Å². The van der Waals surface area contributed by atoms with Crippen molar-refractivity contribution in [3.63, 3.8) is 0 Å². The summed E-state index contributed by atoms with van der Waals surface area (Å²) in [5.41, 5.74) is 4.57. The van der Waals surface area contributed by atoms with Crippen LogP contribution in [0.2, 0.25) is 10.0 Å². The maximum Gasteiger partial charge on any atom is 0.192 e. The van der Waals surface area contributed by atoms with Crippen LogP contribution in [0.4, 0.5) is 0 Å². The number of carbonyl (C=O) groups excluding carboxylic acids is 1. The molecule has 1 aliphatic rings. The van der Waals surface area contributed by atoms with E-state index >= 15 is 0 Å². The van der Waals surface area contributed by atoms with Gasteiger partial charge in [0, 0.05) is 53.5 Å². The van der Waals surface area contributed by atoms with Gasteiger partial charge >= 0.3 is 0 Å². The van der Waals surface area contributed by atoms with Gasteiger partial charge in [0.15, 0.2) is 11.5 Å². The number of Topliss-reactive ketones (excluding diaryl/α,β-unsaturated/α-hetero) is 1. The Morgan fingerprint density at radius 2 is 1.83 bits per heavy atom. The number of halogens is 2. The Kier molecular flexibility index (Phi) is 9.87. The minimum absolute atomic E-state index is 0.0731. The number of benzene rings is 2. The highest BCUT2D eigenvalue weighted by molar-refractivity contribution is 6.35. The average molecular weight is 610 g/mol. The molecule has 1 fully saturated rings. The highest BCUT2D eigenvalue weighted by Crippen LogP contribution is 2.48. The Balaban J connectivity index is 1.34. The van der Waals surface area contributed by atoms with Gasteiger partial charge in [-0.1, -0.05) is 90.7 Å². The normalized spacial score (nSPS) is 14.3. The second-order valence-electron chi connectivity index (χ2n) is 12.5. The molecule has 2 aromatic heterocycles. The van der Waals surface area contributed by atoms with E-state index < -0.39 is 0 Å². The predicted octanol–water partition coefficient (Wildman–Crippen LogP) is 9.38. The summed E-state index contributed by atoms with van der Waals surface area (Å²) in [6.45, 7) is 7.65. The first kappa shape index (κ1) is 30.5. The Labute approximate surface area is 257 Å². The van der Waals surface area contributed by atoms with E-state index in [9.17, 15) is 4.79 Å². The molecule has 2 heterocycles. The number of ketones is 1. The molecule has 0 aliphatic heterocycles. The minimum Gasteiger partial charge on any atom is -0.377 e. The van der Waals surface area contributed by atoms with Gasteiger partial charge in [-0.3, -0.25) is 4.79 Å². The molecule has 2 aromatic carbocycles. The molecule has 1 saturated carbocycles. The SMILES string of the molecule is CC(C)(C)Cc1cc(-c2onc([C@@H](CCCOCc3ccccc3)CC(=O)Cc3ccc(Cl)cc3Cl)c2C2CC2)no1. The smallest absolute Gasteiger partial charge is 0.192 e. The summed E-state index contributed by atoms with van der Waals surface area (Å²) in [6, 6.07) is 17.3. The Morgan fingerprint density at radius 1 is 1.05 bits per heavy atom. The number of nitrogens with zero attached hydrogens (tertiary/aromatic N) is 2. The lowest BCUT2D eigenvalue weighted by molar-refractivity contribution is -0.118. The van der Waals surface area contributed by atoms with Crippen molar-refractivity contribution in [1.82, 2.24) is 10.3 Å². The van der Waals surface area contributed by atoms with E-state index in [2.05, 4.69) is 43.2 Å². The Morgan fingerprint density at radius 3 is 2.55 bits per heavy atom. The van der Waals surface area contributed by atoms with Crippen molar-refractivity contribution in [2.45, 2.75) is 84.2 Å². The fourth-order valence-electron chi connectivity index (χ4n) is 5.34. The molecule has 5 rings (SSSR count). The molecule has 0 amide bonds. The van der Waals surface area contributed by atoms with Crippen LogP contribution in [0.1, 0.15) is 92.9 Å². The number of carbonyl (C=O) groups is 1. The van der Waals surface area contributed by atoms with E-state index in [0.29, 0.717) is 47.1 Å². The van der Waals surface area contributed by atoms with E-state index in [0.717, 1.165) is 60.2 Å². The standard InChI is InChI=1S/C34H38Cl2N2O4/c1-34(2,3)20-28-19-30(37-41-28)33-31(23-11-12-23)32(38-42-33)25(10-7-15-40-21-22-8-5-4-6-9-22)17-27(39)16-24-13-14-26(35)18-29(24)36/h4-6,8-9,13-14,18-19,23,25H,7,10-12,15-17,20-21H2,1-3H3/t25-/m0/s1. The van der Waals surface area contributed by atoms with Crippen LogP contribution in [0.25, 0.3) is 11.5 Å². The van der Waals surface area contributed by atoms with Crippen molar-refractivity contribution < 1.29 is 18.6 Å². The van der Waals surface area contributed by atoms with Crippen molar-refractivity contribution in [2.24, 2.45) is 5.41 Å². The first-order valence-corrected chi connectivity index (χ1v) is 15.4. The fraction of sp³-hybridized carbons (Fsp3) is 0.441. The van der Waals surface area contributed by atoms with Gasteiger partial charge in [-0.05, 0) is 60.3 Å². The molecular formula is C34H38Cl2N2O4. The Bertz CT molecular complexity index is 1480. The summed E-state index contributed by atoms with van der Waals surface area (Å²) in [4.78, 5) is 13.4. The van der Waals surface area contributed by atoms with Crippen molar-refractivity contribution in [2.75, 3.05) is 6.61 Å². The van der Waals surface area contributed by atoms with E-state index in [1.165, 1.54) is 0 Å². The van der Waals surface area contributed by atoms with Crippen molar-refractivity contribution >= 4 is 29.0 Å². The zero-order valence-electron chi connectivity index (χ0n) is 24.5. The molecule has 1 aliphatic carbocycles. The lowest BCUT2D eigenvalue weighted by Crippen LogP contribution is -2.13. The molecule has 1 atom stereocenters. The molecule has 6 nitrogen and oxygen atoms in total. The number of rotatable bonds is 14. The van der Waals surface area contributed by atoms with Crippen molar-refractivity contribution in [1.29, 1.82) is 0 Å². The monoisotopic (exact) mass is 608 g/mol. The maximum absolute atomic E-state index is 13.4. The van der Waals surface area contributed by atoms with Gasteiger partial charge < -0.3 is 13.8 Å². The van der Waals surface area contributed by atoms with Gasteiger partial charge in [0.1, 0.15) is 11.5 Å². The van der Waals surface area contributed by atoms with Crippen LogP contribution >= 0.6 is 23.2 Å². The molecule has 0 unspecified atom stereocenters. The second-order valence-corrected chi connectivity index (χ2v) is 13.4. The first-order valence-electron chi connectivity index (χ1n) is 14.7. The highest BCUT2D eigenvalue weighted by atomic mass is 35.5. The molecule has 0 bridgehead atoms. The van der Waals surface area contributed by atoms with Gasteiger partial charge in [0.25, 0.3) is 0 Å². The molecular weight excluding hydrogens is 571 g/mol. The molecule has 8 heteroatoms. The molecule has 222 valence electrons. The van der Waals surface area contributed by atoms with E-state index in [-0.39, 0.29) is 23.5 Å². The lowest BCUT2D eigenvalue weighted by atomic mass is 9.87. The third kappa shape index (κ3) is 8.33. The second kappa shape index (κ2) is 13.6. The fourth-order valence-corrected chi connectivity index (χ4v) is 5.81. The summed E-state index contributed by atoms with van der Waals surface area (Å²) in [5, 5.41) is 9.97. The quantitative estimate of drug-likeness (QED) is 0.133. The summed E-state index contributed by atoms with van der Waals surface area (Å²) in [5.74, 6) is 1.81. The largest absolute Gasteiger partial charge is 0.377 e. The van der Waals surface area contributed by atoms with Crippen LogP contribution < -0.4 is 0 Å². The van der Waals surface area contributed by atoms with Crippen molar-refractivity contribution in [3.05, 3.63) is 92.8 Å². The molecule has 0 radical (unpaired) electrons. The van der Waals surface area contributed by atoms with Gasteiger partial charge in [-0.15, -0.1) is 0 Å². The zero-order chi connectivity index (χ0) is 29.7. The predicted molar refractivity (Wildman–Crippen MR) is 165 cm³/mol.